The average molecular weight is 689 g/mol. The van der Waals surface area contributed by atoms with Gasteiger partial charge in [0.25, 0.3) is 0 Å². The molecular formula is C26H25F9N6O4S. The first kappa shape index (κ1) is 34.9. The molecule has 46 heavy (non-hydrogen) atoms. The number of carboxylic acid groups (broad SMARTS) is 1. The monoisotopic (exact) mass is 688 g/mol. The number of tetrazole rings is 1. The van der Waals surface area contributed by atoms with Crippen LogP contribution in [0.3, 0.4) is 0 Å². The van der Waals surface area contributed by atoms with E-state index in [-0.39, 0.29) is 36.0 Å². The number of hydrogen-bond acceptors (Lipinski definition) is 7. The molecular weight excluding hydrogens is 663 g/mol. The predicted octanol–water partition coefficient (Wildman–Crippen LogP) is 5.47. The van der Waals surface area contributed by atoms with Gasteiger partial charge >= 0.3 is 24.6 Å². The van der Waals surface area contributed by atoms with Gasteiger partial charge in [-0.15, -0.1) is 10.2 Å². The first-order valence-corrected chi connectivity index (χ1v) is 15.2. The van der Waals surface area contributed by atoms with Crippen molar-refractivity contribution in [1.82, 2.24) is 20.2 Å². The maximum Gasteiger partial charge on any atom is 0.416 e. The summed E-state index contributed by atoms with van der Waals surface area (Å²) in [4.78, 5) is 13.6. The summed E-state index contributed by atoms with van der Waals surface area (Å²) < 4.78 is 146. The highest BCUT2D eigenvalue weighted by atomic mass is 32.2. The number of carbonyl (C=O) groups is 1. The van der Waals surface area contributed by atoms with E-state index < -0.39 is 86.5 Å². The van der Waals surface area contributed by atoms with Crippen LogP contribution in [0, 0.1) is 0 Å². The van der Waals surface area contributed by atoms with Crippen LogP contribution in [-0.2, 0) is 41.3 Å². The van der Waals surface area contributed by atoms with Crippen molar-refractivity contribution in [2.45, 2.75) is 68.1 Å². The number of alkyl halides is 9. The molecule has 0 fully saturated rings. The van der Waals surface area contributed by atoms with Gasteiger partial charge < -0.3 is 10.8 Å². The van der Waals surface area contributed by atoms with Crippen LogP contribution in [0.25, 0.3) is 0 Å². The number of nitrogens with zero attached hydrogens (tertiary/aromatic N) is 5. The summed E-state index contributed by atoms with van der Waals surface area (Å²) in [5, 5.41) is 19.8. The summed E-state index contributed by atoms with van der Waals surface area (Å²) >= 11 is 0. The van der Waals surface area contributed by atoms with E-state index in [1.807, 2.05) is 0 Å². The molecule has 0 saturated heterocycles. The van der Waals surface area contributed by atoms with Gasteiger partial charge in [0.1, 0.15) is 5.66 Å². The minimum atomic E-state index is -5.17. The molecule has 0 spiro atoms. The summed E-state index contributed by atoms with van der Waals surface area (Å²) in [6.45, 7) is 0.829. The smallest absolute Gasteiger partial charge is 0.416 e. The molecule has 0 saturated carbocycles. The number of sulfone groups is 1. The van der Waals surface area contributed by atoms with Gasteiger partial charge in [-0.05, 0) is 72.0 Å². The molecule has 20 heteroatoms. The molecule has 0 aliphatic carbocycles. The third-order valence-corrected chi connectivity index (χ3v) is 9.17. The van der Waals surface area contributed by atoms with E-state index in [0.717, 1.165) is 11.0 Å². The largest absolute Gasteiger partial charge is 0.465 e. The normalized spacial score (nSPS) is 20.0. The number of anilines is 1. The number of fused-ring (bicyclic) bond motifs is 1. The van der Waals surface area contributed by atoms with Crippen LogP contribution in [0.1, 0.15) is 59.3 Å². The van der Waals surface area contributed by atoms with Gasteiger partial charge in [-0.25, -0.2) is 13.2 Å². The molecule has 1 amide bonds. The fourth-order valence-electron chi connectivity index (χ4n) is 5.24. The third kappa shape index (κ3) is 7.21. The Labute approximate surface area is 254 Å². The van der Waals surface area contributed by atoms with Crippen molar-refractivity contribution in [1.29, 1.82) is 0 Å². The molecule has 4 rings (SSSR count). The highest BCUT2D eigenvalue weighted by Gasteiger charge is 2.47. The highest BCUT2D eigenvalue weighted by Crippen LogP contribution is 2.47. The Hall–Kier alpha value is -3.94. The van der Waals surface area contributed by atoms with E-state index in [1.54, 1.807) is 6.92 Å². The fraction of sp³-hybridized carbons (Fsp3) is 0.462. The van der Waals surface area contributed by atoms with Gasteiger partial charge in [0.05, 0.1) is 40.1 Å². The van der Waals surface area contributed by atoms with Crippen LogP contribution < -0.4 is 10.6 Å². The quantitative estimate of drug-likeness (QED) is 0.311. The molecule has 252 valence electrons. The van der Waals surface area contributed by atoms with Crippen molar-refractivity contribution in [2.75, 3.05) is 11.2 Å². The topological polar surface area (TPSA) is 144 Å². The number of nitrogens with two attached hydrogens (primary N) is 1. The molecule has 1 aliphatic heterocycles. The molecule has 2 heterocycles. The van der Waals surface area contributed by atoms with Gasteiger partial charge in [-0.3, -0.25) is 4.90 Å². The number of benzene rings is 2. The molecule has 10 nitrogen and oxygen atoms in total. The van der Waals surface area contributed by atoms with Crippen LogP contribution >= 0.6 is 0 Å². The van der Waals surface area contributed by atoms with Gasteiger partial charge in [-0.2, -0.15) is 44.3 Å². The van der Waals surface area contributed by atoms with Crippen LogP contribution in [-0.4, -0.2) is 57.0 Å². The maximum atomic E-state index is 13.6. The second-order valence-electron chi connectivity index (χ2n) is 10.9. The van der Waals surface area contributed by atoms with Crippen molar-refractivity contribution in [3.63, 3.8) is 0 Å². The minimum Gasteiger partial charge on any atom is -0.465 e. The SMILES string of the molecule is CC[C@]1(N)C[C@H](c2nnn(CC(Cc3cc(C(F)(F)F)cc(C(F)(F)F)c3)S(C)(=O)=O)n2)c2cc(C(F)(F)F)ccc2N1C(=O)O. The zero-order valence-corrected chi connectivity index (χ0v) is 24.6. The molecule has 0 bridgehead atoms. The van der Waals surface area contributed by atoms with Crippen molar-refractivity contribution in [3.05, 3.63) is 70.0 Å². The predicted molar refractivity (Wildman–Crippen MR) is 142 cm³/mol. The lowest BCUT2D eigenvalue weighted by Gasteiger charge is -2.45. The Morgan fingerprint density at radius 2 is 1.57 bits per heavy atom. The lowest BCUT2D eigenvalue weighted by molar-refractivity contribution is -0.143. The molecule has 1 aromatic heterocycles. The summed E-state index contributed by atoms with van der Waals surface area (Å²) in [7, 11) is -4.19. The summed E-state index contributed by atoms with van der Waals surface area (Å²) in [5.41, 5.74) is -0.615. The van der Waals surface area contributed by atoms with E-state index in [9.17, 15) is 57.8 Å². The Balaban J connectivity index is 1.74. The summed E-state index contributed by atoms with van der Waals surface area (Å²) in [6, 6.07) is 3.00. The third-order valence-electron chi connectivity index (χ3n) is 7.64. The van der Waals surface area contributed by atoms with Crippen molar-refractivity contribution >= 4 is 21.6 Å². The van der Waals surface area contributed by atoms with Gasteiger partial charge in [0, 0.05) is 6.26 Å². The average Bonchev–Trinajstić information content (AvgIpc) is 3.38. The van der Waals surface area contributed by atoms with Crippen LogP contribution in [0.4, 0.5) is 50.0 Å². The molecule has 3 atom stereocenters. The minimum absolute atomic E-state index is 0.00252. The first-order chi connectivity index (χ1) is 20.9. The Bertz CT molecular complexity index is 1710. The summed E-state index contributed by atoms with van der Waals surface area (Å²) in [5.74, 6) is -1.46. The van der Waals surface area contributed by atoms with Crippen molar-refractivity contribution in [3.8, 4) is 0 Å². The Morgan fingerprint density at radius 3 is 2.04 bits per heavy atom. The second-order valence-corrected chi connectivity index (χ2v) is 13.2. The summed E-state index contributed by atoms with van der Waals surface area (Å²) in [6.07, 6.45) is -17.2. The van der Waals surface area contributed by atoms with Crippen molar-refractivity contribution in [2.24, 2.45) is 5.73 Å². The van der Waals surface area contributed by atoms with E-state index in [1.165, 1.54) is 0 Å². The van der Waals surface area contributed by atoms with Crippen LogP contribution in [0.2, 0.25) is 0 Å². The highest BCUT2D eigenvalue weighted by molar-refractivity contribution is 7.91. The van der Waals surface area contributed by atoms with Gasteiger partial charge in [0.15, 0.2) is 15.7 Å². The van der Waals surface area contributed by atoms with E-state index >= 15 is 0 Å². The lowest BCUT2D eigenvalue weighted by Crippen LogP contribution is -2.61. The van der Waals surface area contributed by atoms with E-state index in [0.29, 0.717) is 35.3 Å². The Morgan fingerprint density at radius 1 is 1.00 bits per heavy atom. The van der Waals surface area contributed by atoms with E-state index in [4.69, 9.17) is 5.73 Å². The number of aromatic nitrogens is 4. The zero-order chi connectivity index (χ0) is 34.6. The lowest BCUT2D eigenvalue weighted by atomic mass is 9.80. The molecule has 1 unspecified atom stereocenters. The van der Waals surface area contributed by atoms with Crippen LogP contribution in [0.5, 0.6) is 0 Å². The van der Waals surface area contributed by atoms with Crippen LogP contribution in [0.15, 0.2) is 36.4 Å². The number of rotatable bonds is 7. The van der Waals surface area contributed by atoms with Crippen molar-refractivity contribution < 1.29 is 57.8 Å². The van der Waals surface area contributed by atoms with Gasteiger partial charge in [-0.1, -0.05) is 6.92 Å². The molecule has 3 aromatic rings. The maximum absolute atomic E-state index is 13.6. The first-order valence-electron chi connectivity index (χ1n) is 13.2. The van der Waals surface area contributed by atoms with Gasteiger partial charge in [0.2, 0.25) is 0 Å². The molecule has 0 radical (unpaired) electrons. The number of hydrogen-bond donors (Lipinski definition) is 2. The molecule has 1 aliphatic rings. The fourth-order valence-corrected chi connectivity index (χ4v) is 6.14. The second kappa shape index (κ2) is 11.7. The standard InChI is InChI=1S/C26H25F9N6O4S/c1-3-23(36)11-19(18-10-14(24(27,28)29)4-5-20(18)41(23)22(42)43)21-37-39-40(38-21)12-17(46(2,44)45)8-13-6-15(25(30,31)32)9-16(7-13)26(33,34)35/h4-7,9-10,17,19H,3,8,11-12,36H2,1-2H3,(H,42,43)/t17?,19-,23+/m0/s1. The number of halogens is 9. The number of amides is 1. The zero-order valence-electron chi connectivity index (χ0n) is 23.7. The molecule has 2 aromatic carbocycles. The molecule has 3 N–H and O–H groups in total. The van der Waals surface area contributed by atoms with E-state index in [2.05, 4.69) is 15.4 Å². The Kier molecular flexibility index (Phi) is 8.88.